The van der Waals surface area contributed by atoms with Crippen molar-refractivity contribution in [3.8, 4) is 5.75 Å². The minimum atomic E-state index is -1.59. The molecule has 2 saturated heterocycles. The van der Waals surface area contributed by atoms with Gasteiger partial charge in [0.2, 0.25) is 5.78 Å². The number of aliphatic hydroxyl groups excluding tert-OH is 1. The summed E-state index contributed by atoms with van der Waals surface area (Å²) >= 11 is 6.46. The monoisotopic (exact) mass is 532 g/mol. The first kappa shape index (κ1) is 27.1. The Morgan fingerprint density at radius 1 is 1.11 bits per heavy atom. The number of carbonyl (C=O) groups is 3. The lowest BCUT2D eigenvalue weighted by Gasteiger charge is -2.37. The molecule has 2 aromatic rings. The Bertz CT molecular complexity index is 1130. The van der Waals surface area contributed by atoms with Crippen molar-refractivity contribution in [1.29, 1.82) is 0 Å². The second-order valence-electron chi connectivity index (χ2n) is 9.05. The summed E-state index contributed by atoms with van der Waals surface area (Å²) in [6.07, 6.45) is -3.72. The molecule has 2 fully saturated rings. The smallest absolute Gasteiger partial charge is 0.303 e. The molecule has 1 N–H and O–H groups in total. The number of esters is 2. The fraction of sp³-hybridized carbons (Fsp3) is 0.444. The molecule has 2 aliphatic rings. The van der Waals surface area contributed by atoms with Gasteiger partial charge in [0.1, 0.15) is 36.8 Å². The largest absolute Gasteiger partial charge is 0.488 e. The highest BCUT2D eigenvalue weighted by atomic mass is 35.5. The number of ketones is 1. The molecule has 0 saturated carbocycles. The summed E-state index contributed by atoms with van der Waals surface area (Å²) in [5.41, 5.74) is 2.26. The average Bonchev–Trinajstić information content (AvgIpc) is 3.37. The van der Waals surface area contributed by atoms with Gasteiger partial charge < -0.3 is 28.8 Å². The van der Waals surface area contributed by atoms with Crippen molar-refractivity contribution < 1.29 is 43.2 Å². The van der Waals surface area contributed by atoms with Crippen LogP contribution in [0, 0.1) is 0 Å². The molecule has 37 heavy (non-hydrogen) atoms. The lowest BCUT2D eigenvalue weighted by Crippen LogP contribution is -2.54. The lowest BCUT2D eigenvalue weighted by atomic mass is 9.91. The topological polar surface area (TPSA) is 118 Å². The summed E-state index contributed by atoms with van der Waals surface area (Å²) in [6.45, 7) is 3.33. The predicted molar refractivity (Wildman–Crippen MR) is 131 cm³/mol. The van der Waals surface area contributed by atoms with Crippen LogP contribution in [0.5, 0.6) is 5.75 Å². The number of benzene rings is 2. The van der Waals surface area contributed by atoms with E-state index in [9.17, 15) is 19.5 Å². The third-order valence-corrected chi connectivity index (χ3v) is 6.54. The number of carbonyl (C=O) groups excluding carboxylic acids is 3. The molecule has 9 nitrogen and oxygen atoms in total. The molecule has 198 valence electrons. The van der Waals surface area contributed by atoms with Gasteiger partial charge in [0.05, 0.1) is 13.2 Å². The average molecular weight is 533 g/mol. The fourth-order valence-corrected chi connectivity index (χ4v) is 4.53. The van der Waals surface area contributed by atoms with Crippen molar-refractivity contribution in [3.05, 3.63) is 64.2 Å². The van der Waals surface area contributed by atoms with Crippen LogP contribution < -0.4 is 4.74 Å². The summed E-state index contributed by atoms with van der Waals surface area (Å²) in [6, 6.07) is 12.8. The van der Waals surface area contributed by atoms with Gasteiger partial charge in [-0.2, -0.15) is 0 Å². The Labute approximate surface area is 219 Å². The summed E-state index contributed by atoms with van der Waals surface area (Å²) < 4.78 is 27.3. The number of rotatable bonds is 8. The molecule has 0 bridgehead atoms. The molecular formula is C27H29ClO9. The van der Waals surface area contributed by atoms with Crippen LogP contribution in [-0.4, -0.2) is 67.1 Å². The van der Waals surface area contributed by atoms with Crippen molar-refractivity contribution in [1.82, 2.24) is 0 Å². The van der Waals surface area contributed by atoms with Gasteiger partial charge in [-0.25, -0.2) is 0 Å². The molecule has 0 unspecified atom stereocenters. The summed E-state index contributed by atoms with van der Waals surface area (Å²) in [5, 5.41) is 11.2. The van der Waals surface area contributed by atoms with Gasteiger partial charge in [0, 0.05) is 25.3 Å². The van der Waals surface area contributed by atoms with E-state index in [4.69, 9.17) is 35.3 Å². The minimum Gasteiger partial charge on any atom is -0.488 e. The first-order valence-corrected chi connectivity index (χ1v) is 12.4. The lowest BCUT2D eigenvalue weighted by molar-refractivity contribution is -0.203. The van der Waals surface area contributed by atoms with Crippen LogP contribution in [0.3, 0.4) is 0 Å². The number of aliphatic hydroxyl groups is 1. The van der Waals surface area contributed by atoms with Gasteiger partial charge in [-0.3, -0.25) is 14.4 Å². The Hall–Kier alpha value is -2.98. The maximum Gasteiger partial charge on any atom is 0.303 e. The fourth-order valence-electron chi connectivity index (χ4n) is 4.35. The Balaban J connectivity index is 1.51. The second kappa shape index (κ2) is 12.0. The molecule has 5 atom stereocenters. The molecule has 0 radical (unpaired) electrons. The first-order valence-electron chi connectivity index (χ1n) is 12.0. The number of Topliss-reactive ketones (excluding diaryl/α,β-unsaturated/α-hetero) is 1. The third-order valence-electron chi connectivity index (χ3n) is 6.17. The van der Waals surface area contributed by atoms with Crippen LogP contribution in [0.2, 0.25) is 5.02 Å². The molecule has 2 aliphatic heterocycles. The zero-order valence-corrected chi connectivity index (χ0v) is 21.3. The van der Waals surface area contributed by atoms with E-state index in [1.807, 2.05) is 24.3 Å². The van der Waals surface area contributed by atoms with E-state index in [1.54, 1.807) is 18.2 Å². The normalized spacial score (nSPS) is 25.5. The Morgan fingerprint density at radius 3 is 2.51 bits per heavy atom. The zero-order chi connectivity index (χ0) is 26.5. The van der Waals surface area contributed by atoms with Crippen molar-refractivity contribution in [3.63, 3.8) is 0 Å². The van der Waals surface area contributed by atoms with Crippen molar-refractivity contribution in [2.45, 2.75) is 57.2 Å². The summed E-state index contributed by atoms with van der Waals surface area (Å²) in [7, 11) is 0. The summed E-state index contributed by atoms with van der Waals surface area (Å²) in [4.78, 5) is 35.7. The highest BCUT2D eigenvalue weighted by Crippen LogP contribution is 2.34. The van der Waals surface area contributed by atoms with Crippen LogP contribution >= 0.6 is 11.6 Å². The molecule has 2 heterocycles. The van der Waals surface area contributed by atoms with Crippen LogP contribution in [0.4, 0.5) is 0 Å². The molecule has 0 amide bonds. The number of ether oxygens (including phenoxy) is 5. The molecule has 0 aromatic heterocycles. The molecular weight excluding hydrogens is 504 g/mol. The quantitative estimate of drug-likeness (QED) is 0.512. The van der Waals surface area contributed by atoms with Crippen LogP contribution in [0.25, 0.3) is 0 Å². The highest BCUT2D eigenvalue weighted by molar-refractivity contribution is 6.31. The van der Waals surface area contributed by atoms with E-state index in [-0.39, 0.29) is 12.7 Å². The van der Waals surface area contributed by atoms with Gasteiger partial charge in [-0.15, -0.1) is 0 Å². The number of halogens is 1. The standard InChI is InChI=1S/C27H29ClO9/c1-15(29)34-14-23-27(35-16(2)30)25(32)24(31)26(37-23)18-5-8-22(28)19(12-18)11-17-3-6-20(7-4-17)36-21-9-10-33-13-21/h3-8,12,21,23-24,26-27,31H,9-11,13-14H2,1-2H3/t21-,23+,24-,26-,27-/m0/s1. The predicted octanol–water partition coefficient (Wildman–Crippen LogP) is 2.96. The SMILES string of the molecule is CC(=O)OC[C@H]1O[C@@H](c2ccc(Cl)c(Cc3ccc(O[C@H]4CCOC4)cc3)c2)[C@@H](O)C(=O)[C@H]1OC(C)=O. The highest BCUT2D eigenvalue weighted by Gasteiger charge is 2.47. The number of hydrogen-bond donors (Lipinski definition) is 1. The second-order valence-corrected chi connectivity index (χ2v) is 9.46. The minimum absolute atomic E-state index is 0.0618. The van der Waals surface area contributed by atoms with Crippen LogP contribution in [-0.2, 0) is 39.8 Å². The van der Waals surface area contributed by atoms with Crippen LogP contribution in [0.1, 0.15) is 43.1 Å². The van der Waals surface area contributed by atoms with E-state index in [0.29, 0.717) is 30.2 Å². The van der Waals surface area contributed by atoms with E-state index < -0.39 is 42.1 Å². The zero-order valence-electron chi connectivity index (χ0n) is 20.6. The first-order chi connectivity index (χ1) is 17.7. The van der Waals surface area contributed by atoms with Gasteiger partial charge in [0.15, 0.2) is 6.10 Å². The number of hydrogen-bond acceptors (Lipinski definition) is 9. The van der Waals surface area contributed by atoms with Gasteiger partial charge in [0.25, 0.3) is 0 Å². The summed E-state index contributed by atoms with van der Waals surface area (Å²) in [5.74, 6) is -1.27. The van der Waals surface area contributed by atoms with Crippen molar-refractivity contribution in [2.24, 2.45) is 0 Å². The maximum absolute atomic E-state index is 12.9. The molecule has 2 aromatic carbocycles. The molecule has 4 rings (SSSR count). The van der Waals surface area contributed by atoms with E-state index in [1.165, 1.54) is 6.92 Å². The van der Waals surface area contributed by atoms with E-state index >= 15 is 0 Å². The van der Waals surface area contributed by atoms with Gasteiger partial charge in [-0.05, 0) is 41.3 Å². The van der Waals surface area contributed by atoms with Gasteiger partial charge >= 0.3 is 11.9 Å². The Kier molecular flexibility index (Phi) is 8.81. The van der Waals surface area contributed by atoms with Gasteiger partial charge in [-0.1, -0.05) is 35.9 Å². The molecule has 0 spiro atoms. The van der Waals surface area contributed by atoms with E-state index in [0.717, 1.165) is 30.2 Å². The van der Waals surface area contributed by atoms with Crippen LogP contribution in [0.15, 0.2) is 42.5 Å². The molecule has 10 heteroatoms. The third kappa shape index (κ3) is 6.87. The molecule has 0 aliphatic carbocycles. The van der Waals surface area contributed by atoms with E-state index in [2.05, 4.69) is 0 Å². The van der Waals surface area contributed by atoms with Crippen molar-refractivity contribution >= 4 is 29.3 Å². The Morgan fingerprint density at radius 2 is 1.86 bits per heavy atom. The van der Waals surface area contributed by atoms with Crippen molar-refractivity contribution in [2.75, 3.05) is 19.8 Å². The maximum atomic E-state index is 12.9.